The van der Waals surface area contributed by atoms with Gasteiger partial charge in [0.25, 0.3) is 0 Å². The summed E-state index contributed by atoms with van der Waals surface area (Å²) in [5.41, 5.74) is 1.55. The molecule has 0 atom stereocenters. The molecule has 0 radical (unpaired) electrons. The zero-order chi connectivity index (χ0) is 12.3. The second-order valence-corrected chi connectivity index (χ2v) is 4.98. The first-order chi connectivity index (χ1) is 7.39. The molecular weight excluding hydrogens is 198 g/mol. The van der Waals surface area contributed by atoms with Gasteiger partial charge >= 0.3 is 0 Å². The summed E-state index contributed by atoms with van der Waals surface area (Å²) in [6.07, 6.45) is 0. The van der Waals surface area contributed by atoms with Gasteiger partial charge in [0.2, 0.25) is 0 Å². The molecule has 0 spiro atoms. The van der Waals surface area contributed by atoms with Crippen LogP contribution in [0.3, 0.4) is 0 Å². The van der Waals surface area contributed by atoms with Crippen molar-refractivity contribution in [2.75, 3.05) is 7.11 Å². The van der Waals surface area contributed by atoms with E-state index in [4.69, 9.17) is 10.1 Å². The molecule has 0 saturated carbocycles. The van der Waals surface area contributed by atoms with E-state index in [2.05, 4.69) is 27.7 Å². The highest BCUT2D eigenvalue weighted by molar-refractivity contribution is 6.02. The van der Waals surface area contributed by atoms with Crippen LogP contribution in [0.5, 0.6) is 5.75 Å². The number of methoxy groups -OCH3 is 1. The highest BCUT2D eigenvalue weighted by atomic mass is 16.5. The zero-order valence-electron chi connectivity index (χ0n) is 10.8. The number of hydrogen-bond acceptors (Lipinski definition) is 2. The molecule has 2 heteroatoms. The number of rotatable bonds is 4. The highest BCUT2D eigenvalue weighted by Gasteiger charge is 2.28. The van der Waals surface area contributed by atoms with E-state index in [-0.39, 0.29) is 5.41 Å². The van der Waals surface area contributed by atoms with Gasteiger partial charge < -0.3 is 10.1 Å². The first-order valence-electron chi connectivity index (χ1n) is 5.63. The van der Waals surface area contributed by atoms with Crippen LogP contribution in [-0.2, 0) is 0 Å². The topological polar surface area (TPSA) is 33.1 Å². The minimum atomic E-state index is -0.103. The minimum absolute atomic E-state index is 0.103. The van der Waals surface area contributed by atoms with E-state index in [9.17, 15) is 0 Å². The maximum absolute atomic E-state index is 8.25. The standard InChI is InChI=1S/C14H21NO/c1-10(2)14(3,4)13(15)11-6-8-12(16-5)9-7-11/h6-10,15H,1-5H3. The van der Waals surface area contributed by atoms with E-state index in [0.717, 1.165) is 11.3 Å². The molecule has 0 amide bonds. The summed E-state index contributed by atoms with van der Waals surface area (Å²) >= 11 is 0. The number of hydrogen-bond donors (Lipinski definition) is 1. The van der Waals surface area contributed by atoms with Crippen molar-refractivity contribution in [1.82, 2.24) is 0 Å². The summed E-state index contributed by atoms with van der Waals surface area (Å²) < 4.78 is 5.11. The van der Waals surface area contributed by atoms with Gasteiger partial charge in [-0.05, 0) is 35.7 Å². The van der Waals surface area contributed by atoms with Crippen LogP contribution in [-0.4, -0.2) is 12.8 Å². The molecule has 0 bridgehead atoms. The maximum atomic E-state index is 8.25. The molecule has 0 unspecified atom stereocenters. The van der Waals surface area contributed by atoms with E-state index < -0.39 is 0 Å². The number of nitrogens with one attached hydrogen (secondary N) is 1. The molecular formula is C14H21NO. The van der Waals surface area contributed by atoms with Crippen LogP contribution in [0.25, 0.3) is 0 Å². The molecule has 0 aromatic heterocycles. The van der Waals surface area contributed by atoms with Crippen LogP contribution >= 0.6 is 0 Å². The molecule has 0 heterocycles. The van der Waals surface area contributed by atoms with E-state index in [1.165, 1.54) is 0 Å². The van der Waals surface area contributed by atoms with Crippen LogP contribution in [0.4, 0.5) is 0 Å². The molecule has 1 aromatic carbocycles. The molecule has 0 aliphatic heterocycles. The van der Waals surface area contributed by atoms with Crippen LogP contribution in [0.15, 0.2) is 24.3 Å². The van der Waals surface area contributed by atoms with Crippen molar-refractivity contribution in [3.05, 3.63) is 29.8 Å². The highest BCUT2D eigenvalue weighted by Crippen LogP contribution is 2.30. The Hall–Kier alpha value is -1.31. The molecule has 0 fully saturated rings. The Balaban J connectivity index is 2.97. The molecule has 2 nitrogen and oxygen atoms in total. The molecule has 16 heavy (non-hydrogen) atoms. The molecule has 88 valence electrons. The summed E-state index contributed by atoms with van der Waals surface area (Å²) in [5, 5.41) is 8.25. The fraction of sp³-hybridized carbons (Fsp3) is 0.500. The number of benzene rings is 1. The smallest absolute Gasteiger partial charge is 0.118 e. The predicted molar refractivity (Wildman–Crippen MR) is 68.4 cm³/mol. The van der Waals surface area contributed by atoms with Gasteiger partial charge in [0.05, 0.1) is 7.11 Å². The summed E-state index contributed by atoms with van der Waals surface area (Å²) in [7, 11) is 1.65. The van der Waals surface area contributed by atoms with Crippen molar-refractivity contribution >= 4 is 5.71 Å². The monoisotopic (exact) mass is 219 g/mol. The lowest BCUT2D eigenvalue weighted by molar-refractivity contribution is 0.364. The van der Waals surface area contributed by atoms with Gasteiger partial charge in [0, 0.05) is 11.1 Å². The lowest BCUT2D eigenvalue weighted by Crippen LogP contribution is -2.29. The fourth-order valence-corrected chi connectivity index (χ4v) is 1.42. The van der Waals surface area contributed by atoms with Gasteiger partial charge in [-0.2, -0.15) is 0 Å². The molecule has 0 aliphatic carbocycles. The summed E-state index contributed by atoms with van der Waals surface area (Å²) in [4.78, 5) is 0. The lowest BCUT2D eigenvalue weighted by atomic mass is 9.74. The van der Waals surface area contributed by atoms with E-state index in [1.807, 2.05) is 24.3 Å². The fourth-order valence-electron chi connectivity index (χ4n) is 1.42. The molecule has 0 aliphatic rings. The van der Waals surface area contributed by atoms with Crippen LogP contribution in [0.1, 0.15) is 33.3 Å². The second-order valence-electron chi connectivity index (χ2n) is 4.98. The normalized spacial score (nSPS) is 11.6. The van der Waals surface area contributed by atoms with Crippen molar-refractivity contribution in [1.29, 1.82) is 5.41 Å². The third-order valence-corrected chi connectivity index (χ3v) is 3.47. The number of ether oxygens (including phenoxy) is 1. The van der Waals surface area contributed by atoms with Gasteiger partial charge in [-0.25, -0.2) is 0 Å². The van der Waals surface area contributed by atoms with Gasteiger partial charge in [0.15, 0.2) is 0 Å². The predicted octanol–water partition coefficient (Wildman–Crippen LogP) is 3.75. The largest absolute Gasteiger partial charge is 0.497 e. The third-order valence-electron chi connectivity index (χ3n) is 3.47. The Morgan fingerprint density at radius 1 is 1.19 bits per heavy atom. The van der Waals surface area contributed by atoms with Crippen molar-refractivity contribution in [2.24, 2.45) is 11.3 Å². The molecule has 1 rings (SSSR count). The summed E-state index contributed by atoms with van der Waals surface area (Å²) in [5.74, 6) is 1.28. The van der Waals surface area contributed by atoms with E-state index in [0.29, 0.717) is 11.6 Å². The Kier molecular flexibility index (Phi) is 3.74. The Morgan fingerprint density at radius 3 is 2.06 bits per heavy atom. The minimum Gasteiger partial charge on any atom is -0.497 e. The summed E-state index contributed by atoms with van der Waals surface area (Å²) in [6, 6.07) is 7.71. The Labute approximate surface area is 98.1 Å². The molecule has 1 aromatic rings. The average molecular weight is 219 g/mol. The Morgan fingerprint density at radius 2 is 1.69 bits per heavy atom. The lowest BCUT2D eigenvalue weighted by Gasteiger charge is -2.30. The van der Waals surface area contributed by atoms with Gasteiger partial charge in [0.1, 0.15) is 5.75 Å². The van der Waals surface area contributed by atoms with Crippen molar-refractivity contribution in [2.45, 2.75) is 27.7 Å². The molecule has 0 saturated heterocycles. The quantitative estimate of drug-likeness (QED) is 0.769. The van der Waals surface area contributed by atoms with Gasteiger partial charge in [-0.1, -0.05) is 27.7 Å². The van der Waals surface area contributed by atoms with Gasteiger partial charge in [-0.3, -0.25) is 0 Å². The van der Waals surface area contributed by atoms with Gasteiger partial charge in [-0.15, -0.1) is 0 Å². The van der Waals surface area contributed by atoms with Crippen molar-refractivity contribution < 1.29 is 4.74 Å². The van der Waals surface area contributed by atoms with Crippen molar-refractivity contribution in [3.8, 4) is 5.75 Å². The third kappa shape index (κ3) is 2.43. The zero-order valence-corrected chi connectivity index (χ0v) is 10.8. The first-order valence-corrected chi connectivity index (χ1v) is 5.63. The van der Waals surface area contributed by atoms with E-state index >= 15 is 0 Å². The SMILES string of the molecule is COc1ccc(C(=N)C(C)(C)C(C)C)cc1. The summed E-state index contributed by atoms with van der Waals surface area (Å²) in [6.45, 7) is 8.53. The first kappa shape index (κ1) is 12.8. The second kappa shape index (κ2) is 4.69. The van der Waals surface area contributed by atoms with Crippen LogP contribution in [0.2, 0.25) is 0 Å². The molecule has 1 N–H and O–H groups in total. The Bertz CT molecular complexity index is 363. The average Bonchev–Trinajstić information content (AvgIpc) is 2.28. The van der Waals surface area contributed by atoms with E-state index in [1.54, 1.807) is 7.11 Å². The van der Waals surface area contributed by atoms with Crippen LogP contribution in [0, 0.1) is 16.7 Å². The maximum Gasteiger partial charge on any atom is 0.118 e. The van der Waals surface area contributed by atoms with Crippen molar-refractivity contribution in [3.63, 3.8) is 0 Å². The van der Waals surface area contributed by atoms with Crippen LogP contribution < -0.4 is 4.74 Å².